The van der Waals surface area contributed by atoms with Crippen molar-refractivity contribution in [1.82, 2.24) is 9.13 Å². The molecule has 0 N–H and O–H groups in total. The number of rotatable bonds is 5. The molecule has 2 aromatic heterocycles. The van der Waals surface area contributed by atoms with Crippen LogP contribution in [0.1, 0.15) is 37.0 Å². The van der Waals surface area contributed by atoms with Crippen molar-refractivity contribution >= 4 is 61.4 Å². The lowest BCUT2D eigenvalue weighted by Crippen LogP contribution is -2.37. The van der Waals surface area contributed by atoms with Crippen LogP contribution in [-0.2, 0) is 6.42 Å². The zero-order chi connectivity index (χ0) is 43.9. The van der Waals surface area contributed by atoms with Crippen LogP contribution in [0.2, 0.25) is 0 Å². The summed E-state index contributed by atoms with van der Waals surface area (Å²) in [6.45, 7) is 4.58. The largest absolute Gasteiger partial charge is 0.309 e. The first-order valence-electron chi connectivity index (χ1n) is 23.2. The minimum absolute atomic E-state index is 0.483. The summed E-state index contributed by atoms with van der Waals surface area (Å²) in [5, 5.41) is 5.01. The minimum atomic E-state index is -0.483. The third-order valence-electron chi connectivity index (χ3n) is 14.2. The molecule has 0 radical (unpaired) electrons. The highest BCUT2D eigenvalue weighted by Gasteiger charge is 2.37. The maximum absolute atomic E-state index is 5.56. The second-order valence-electron chi connectivity index (χ2n) is 18.4. The van der Waals surface area contributed by atoms with Gasteiger partial charge in [-0.2, -0.15) is 0 Å². The van der Waals surface area contributed by atoms with Crippen molar-refractivity contribution in [3.8, 4) is 39.1 Å². The predicted molar refractivity (Wildman–Crippen MR) is 278 cm³/mol. The lowest BCUT2D eigenvalue weighted by atomic mass is 9.79. The second-order valence-corrected chi connectivity index (χ2v) is 18.4. The van der Waals surface area contributed by atoms with E-state index in [0.29, 0.717) is 11.9 Å². The predicted octanol–water partition coefficient (Wildman–Crippen LogP) is 15.4. The lowest BCUT2D eigenvalue weighted by Gasteiger charge is -2.34. The Morgan fingerprint density at radius 3 is 1.92 bits per heavy atom. The fourth-order valence-electron chi connectivity index (χ4n) is 10.9. The molecule has 0 amide bonds. The summed E-state index contributed by atoms with van der Waals surface area (Å²) in [5.41, 5.74) is 18.4. The Bertz CT molecular complexity index is 3780. The molecule has 13 rings (SSSR count). The summed E-state index contributed by atoms with van der Waals surface area (Å²) in [6, 6.07) is 66.4. The van der Waals surface area contributed by atoms with Gasteiger partial charge in [0, 0.05) is 38.4 Å². The van der Waals surface area contributed by atoms with E-state index in [1.54, 1.807) is 0 Å². The molecule has 2 unspecified atom stereocenters. The van der Waals surface area contributed by atoms with Gasteiger partial charge in [-0.1, -0.05) is 159 Å². The van der Waals surface area contributed by atoms with E-state index in [0.717, 1.165) is 46.3 Å². The van der Waals surface area contributed by atoms with Gasteiger partial charge in [0.1, 0.15) is 0 Å². The van der Waals surface area contributed by atoms with Crippen LogP contribution in [-0.4, -0.2) is 26.3 Å². The van der Waals surface area contributed by atoms with Crippen LogP contribution in [0.25, 0.3) is 88.8 Å². The maximum atomic E-state index is 5.56. The molecule has 2 atom stereocenters. The average molecular weight is 847 g/mol. The highest BCUT2D eigenvalue weighted by molar-refractivity contribution is 6.23. The number of hydrogen-bond donors (Lipinski definition) is 0. The number of nitrogens with zero attached hydrogens (tertiary/aromatic N) is 4. The van der Waals surface area contributed by atoms with E-state index < -0.39 is 5.54 Å². The number of hydrogen-bond acceptors (Lipinski definition) is 2. The topological polar surface area (TPSA) is 34.6 Å². The molecule has 3 heterocycles. The van der Waals surface area contributed by atoms with Crippen LogP contribution < -0.4 is 0 Å². The van der Waals surface area contributed by atoms with Crippen LogP contribution in [0.15, 0.2) is 222 Å². The molecule has 1 aliphatic heterocycles. The lowest BCUT2D eigenvalue weighted by molar-refractivity contribution is 0.567. The third kappa shape index (κ3) is 6.13. The van der Waals surface area contributed by atoms with E-state index in [9.17, 15) is 0 Å². The van der Waals surface area contributed by atoms with E-state index in [1.165, 1.54) is 77.2 Å². The Morgan fingerprint density at radius 2 is 1.14 bits per heavy atom. The van der Waals surface area contributed by atoms with Crippen LogP contribution in [0, 0.1) is 5.92 Å². The summed E-state index contributed by atoms with van der Waals surface area (Å²) in [4.78, 5) is 11.1. The molecular weight excluding hydrogens is 801 g/mol. The maximum Gasteiger partial charge on any atom is 0.231 e. The quantitative estimate of drug-likeness (QED) is 0.165. The molecule has 3 aliphatic rings. The number of allylic oxidation sites excluding steroid dienone is 3. The van der Waals surface area contributed by atoms with Gasteiger partial charge in [0.05, 0.1) is 33.3 Å². The Hall–Kier alpha value is -8.08. The summed E-state index contributed by atoms with van der Waals surface area (Å²) in [5.74, 6) is 1.20. The van der Waals surface area contributed by atoms with Gasteiger partial charge in [0.2, 0.25) is 5.96 Å². The number of para-hydroxylation sites is 2. The van der Waals surface area contributed by atoms with Gasteiger partial charge < -0.3 is 4.57 Å². The molecule has 0 saturated carbocycles. The van der Waals surface area contributed by atoms with Crippen molar-refractivity contribution in [2.45, 2.75) is 32.2 Å². The Morgan fingerprint density at radius 1 is 0.530 bits per heavy atom. The summed E-state index contributed by atoms with van der Waals surface area (Å²) in [6.07, 6.45) is 13.1. The molecule has 314 valence electrons. The van der Waals surface area contributed by atoms with Gasteiger partial charge in [-0.25, -0.2) is 9.98 Å². The monoisotopic (exact) mass is 846 g/mol. The smallest absolute Gasteiger partial charge is 0.231 e. The summed E-state index contributed by atoms with van der Waals surface area (Å²) in [7, 11) is 0. The van der Waals surface area contributed by atoms with Crippen LogP contribution >= 0.6 is 0 Å². The van der Waals surface area contributed by atoms with Gasteiger partial charge in [-0.05, 0) is 131 Å². The SMILES string of the molecule is CC1C=Cc2ccc3c(c2C1)c1cc(-c2ccc4c(c2)c2ccccc2n4C2=NC4(C)CC=CC=C4C(c4cccc(-c5cccc(-c6ccccc6)c5)c4)=N2)ccc1n3-c1ccccc1. The average Bonchev–Trinajstić information content (AvgIpc) is 3.89. The zero-order valence-electron chi connectivity index (χ0n) is 37.0. The number of aliphatic imine (C=N–C) groups is 2. The van der Waals surface area contributed by atoms with Crippen LogP contribution in [0.4, 0.5) is 0 Å². The highest BCUT2D eigenvalue weighted by Crippen LogP contribution is 2.43. The van der Waals surface area contributed by atoms with E-state index in [4.69, 9.17) is 9.98 Å². The van der Waals surface area contributed by atoms with Crippen LogP contribution in [0.3, 0.4) is 0 Å². The molecule has 66 heavy (non-hydrogen) atoms. The molecule has 4 nitrogen and oxygen atoms in total. The fourth-order valence-corrected chi connectivity index (χ4v) is 10.9. The zero-order valence-corrected chi connectivity index (χ0v) is 37.0. The van der Waals surface area contributed by atoms with E-state index in [2.05, 4.69) is 235 Å². The molecule has 0 spiro atoms. The second kappa shape index (κ2) is 15.0. The van der Waals surface area contributed by atoms with Crippen molar-refractivity contribution < 1.29 is 0 Å². The molecular formula is C62H46N4. The van der Waals surface area contributed by atoms with E-state index in [-0.39, 0.29) is 0 Å². The van der Waals surface area contributed by atoms with E-state index >= 15 is 0 Å². The normalized spacial score (nSPS) is 17.8. The van der Waals surface area contributed by atoms with Crippen LogP contribution in [0.5, 0.6) is 0 Å². The first-order chi connectivity index (χ1) is 32.5. The van der Waals surface area contributed by atoms with Gasteiger partial charge >= 0.3 is 0 Å². The van der Waals surface area contributed by atoms with E-state index in [1.807, 2.05) is 0 Å². The highest BCUT2D eigenvalue weighted by atomic mass is 15.2. The molecule has 10 aromatic rings. The molecule has 0 bridgehead atoms. The molecule has 8 aromatic carbocycles. The fraction of sp³-hybridized carbons (Fsp3) is 0.0968. The summed E-state index contributed by atoms with van der Waals surface area (Å²) < 4.78 is 4.73. The molecule has 2 aliphatic carbocycles. The van der Waals surface area contributed by atoms with Crippen molar-refractivity contribution in [3.63, 3.8) is 0 Å². The van der Waals surface area contributed by atoms with Crippen molar-refractivity contribution in [3.05, 3.63) is 229 Å². The summed E-state index contributed by atoms with van der Waals surface area (Å²) >= 11 is 0. The third-order valence-corrected chi connectivity index (χ3v) is 14.2. The van der Waals surface area contributed by atoms with Crippen molar-refractivity contribution in [2.24, 2.45) is 15.9 Å². The number of benzene rings is 8. The Kier molecular flexibility index (Phi) is 8.73. The van der Waals surface area contributed by atoms with Gasteiger partial charge in [0.25, 0.3) is 0 Å². The first kappa shape index (κ1) is 38.4. The first-order valence-corrected chi connectivity index (χ1v) is 23.2. The number of fused-ring (bicyclic) bond motifs is 9. The standard InChI is InChI=1S/C62H46N4/c1-40-26-27-42-28-33-58-59(51(42)35-40)53-39-47(30-32-57(53)65(58)49-21-7-4-8-22-49)46-29-31-56-52(38-46)50-23-9-10-25-55(50)66(56)61-63-60(54-24-11-12-34-62(54,2)64-61)48-20-14-19-45(37-48)44-18-13-17-43(36-44)41-15-5-3-6-16-41/h3-33,36-40H,34-35H2,1-2H3. The minimum Gasteiger partial charge on any atom is -0.309 e. The van der Waals surface area contributed by atoms with Crippen molar-refractivity contribution in [2.75, 3.05) is 0 Å². The number of aromatic nitrogens is 2. The molecule has 0 saturated heterocycles. The molecule has 4 heteroatoms. The Balaban J connectivity index is 0.954. The van der Waals surface area contributed by atoms with Gasteiger partial charge in [0.15, 0.2) is 0 Å². The Labute approximate surface area is 384 Å². The van der Waals surface area contributed by atoms with Gasteiger partial charge in [-0.3, -0.25) is 4.57 Å². The van der Waals surface area contributed by atoms with Crippen molar-refractivity contribution in [1.29, 1.82) is 0 Å². The molecule has 0 fully saturated rings. The van der Waals surface area contributed by atoms with Gasteiger partial charge in [-0.15, -0.1) is 0 Å².